The normalized spacial score (nSPS) is 19.4. The number of amides is 1. The average molecular weight is 384 g/mol. The molecule has 0 atom stereocenters. The molecule has 2 saturated heterocycles. The molecule has 0 N–H and O–H groups in total. The van der Waals surface area contributed by atoms with Crippen LogP contribution in [0.5, 0.6) is 5.75 Å². The summed E-state index contributed by atoms with van der Waals surface area (Å²) in [4.78, 5) is 16.6. The first-order chi connectivity index (χ1) is 12.9. The van der Waals surface area contributed by atoms with Crippen molar-refractivity contribution in [2.24, 2.45) is 0 Å². The van der Waals surface area contributed by atoms with E-state index in [2.05, 4.69) is 4.90 Å². The number of nitrogens with zero attached hydrogens (tertiary/aromatic N) is 2. The van der Waals surface area contributed by atoms with Crippen LogP contribution in [-0.2, 0) is 0 Å². The zero-order chi connectivity index (χ0) is 19.3. The van der Waals surface area contributed by atoms with Crippen molar-refractivity contribution in [3.05, 3.63) is 29.8 Å². The molecule has 1 aromatic rings. The standard InChI is InChI=1S/C20H27F3N2O2/c21-20(22,23)10-5-11-24-14-8-16(9-15-24)27-18-7-2-1-6-17(18)19(26)25-12-3-4-13-25/h1-2,6-7,16H,3-5,8-15H2. The predicted molar refractivity (Wildman–Crippen MR) is 97.0 cm³/mol. The van der Waals surface area contributed by atoms with Gasteiger partial charge in [0.05, 0.1) is 5.56 Å². The van der Waals surface area contributed by atoms with E-state index < -0.39 is 12.6 Å². The third-order valence-electron chi connectivity index (χ3n) is 5.27. The van der Waals surface area contributed by atoms with Crippen LogP contribution in [0.15, 0.2) is 24.3 Å². The van der Waals surface area contributed by atoms with E-state index in [1.807, 2.05) is 29.2 Å². The fourth-order valence-electron chi connectivity index (χ4n) is 3.77. The van der Waals surface area contributed by atoms with Gasteiger partial charge in [0.1, 0.15) is 11.9 Å². The van der Waals surface area contributed by atoms with Crippen molar-refractivity contribution in [3.63, 3.8) is 0 Å². The predicted octanol–water partition coefficient (Wildman–Crippen LogP) is 4.11. The lowest BCUT2D eigenvalue weighted by Gasteiger charge is -2.32. The number of carbonyl (C=O) groups excluding carboxylic acids is 1. The molecule has 27 heavy (non-hydrogen) atoms. The highest BCUT2D eigenvalue weighted by Crippen LogP contribution is 2.26. The van der Waals surface area contributed by atoms with Crippen LogP contribution in [-0.4, -0.2) is 60.7 Å². The van der Waals surface area contributed by atoms with Crippen molar-refractivity contribution >= 4 is 5.91 Å². The number of para-hydroxylation sites is 1. The Morgan fingerprint density at radius 2 is 1.74 bits per heavy atom. The molecule has 0 bridgehead atoms. The van der Waals surface area contributed by atoms with E-state index in [0.29, 0.717) is 17.9 Å². The summed E-state index contributed by atoms with van der Waals surface area (Å²) in [6, 6.07) is 7.35. The first kappa shape index (κ1) is 20.0. The van der Waals surface area contributed by atoms with Crippen LogP contribution in [0.1, 0.15) is 48.9 Å². The molecule has 2 aliphatic rings. The van der Waals surface area contributed by atoms with Crippen LogP contribution in [0.3, 0.4) is 0 Å². The molecular weight excluding hydrogens is 357 g/mol. The minimum atomic E-state index is -4.08. The van der Waals surface area contributed by atoms with Gasteiger partial charge in [-0.1, -0.05) is 12.1 Å². The maximum Gasteiger partial charge on any atom is 0.389 e. The van der Waals surface area contributed by atoms with E-state index in [4.69, 9.17) is 4.74 Å². The molecule has 0 saturated carbocycles. The van der Waals surface area contributed by atoms with Gasteiger partial charge in [0.25, 0.3) is 5.91 Å². The topological polar surface area (TPSA) is 32.8 Å². The third kappa shape index (κ3) is 5.86. The first-order valence-electron chi connectivity index (χ1n) is 9.76. The van der Waals surface area contributed by atoms with Crippen LogP contribution in [0.25, 0.3) is 0 Å². The number of hydrogen-bond acceptors (Lipinski definition) is 3. The zero-order valence-corrected chi connectivity index (χ0v) is 15.5. The third-order valence-corrected chi connectivity index (χ3v) is 5.27. The summed E-state index contributed by atoms with van der Waals surface area (Å²) < 4.78 is 42.9. The molecule has 0 radical (unpaired) electrons. The Morgan fingerprint density at radius 3 is 2.41 bits per heavy atom. The molecule has 0 unspecified atom stereocenters. The Morgan fingerprint density at radius 1 is 1.07 bits per heavy atom. The molecule has 2 aliphatic heterocycles. The lowest BCUT2D eigenvalue weighted by molar-refractivity contribution is -0.136. The van der Waals surface area contributed by atoms with E-state index in [9.17, 15) is 18.0 Å². The van der Waals surface area contributed by atoms with Crippen molar-refractivity contribution in [2.45, 2.75) is 50.8 Å². The van der Waals surface area contributed by atoms with Gasteiger partial charge >= 0.3 is 6.18 Å². The van der Waals surface area contributed by atoms with Gasteiger partial charge in [-0.05, 0) is 50.8 Å². The Hall–Kier alpha value is -1.76. The van der Waals surface area contributed by atoms with Gasteiger partial charge in [0.15, 0.2) is 0 Å². The molecule has 150 valence electrons. The number of alkyl halides is 3. The van der Waals surface area contributed by atoms with E-state index in [-0.39, 0.29) is 18.4 Å². The largest absolute Gasteiger partial charge is 0.489 e. The fraction of sp³-hybridized carbons (Fsp3) is 0.650. The summed E-state index contributed by atoms with van der Waals surface area (Å²) in [6.07, 6.45) is -1.05. The highest BCUT2D eigenvalue weighted by Gasteiger charge is 2.28. The highest BCUT2D eigenvalue weighted by atomic mass is 19.4. The molecule has 2 fully saturated rings. The van der Waals surface area contributed by atoms with E-state index in [0.717, 1.165) is 51.9 Å². The molecule has 1 aromatic carbocycles. The summed E-state index contributed by atoms with van der Waals surface area (Å²) in [7, 11) is 0. The Kier molecular flexibility index (Phi) is 6.63. The van der Waals surface area contributed by atoms with Crippen LogP contribution < -0.4 is 4.74 Å². The van der Waals surface area contributed by atoms with Crippen molar-refractivity contribution < 1.29 is 22.7 Å². The van der Waals surface area contributed by atoms with Crippen molar-refractivity contribution in [3.8, 4) is 5.75 Å². The second-order valence-corrected chi connectivity index (χ2v) is 7.37. The average Bonchev–Trinajstić information content (AvgIpc) is 3.17. The minimum Gasteiger partial charge on any atom is -0.489 e. The molecule has 0 aromatic heterocycles. The quantitative estimate of drug-likeness (QED) is 0.740. The summed E-state index contributed by atoms with van der Waals surface area (Å²) in [6.45, 7) is 3.51. The second-order valence-electron chi connectivity index (χ2n) is 7.37. The van der Waals surface area contributed by atoms with Gasteiger partial charge in [0, 0.05) is 32.6 Å². The fourth-order valence-corrected chi connectivity index (χ4v) is 3.77. The van der Waals surface area contributed by atoms with Crippen LogP contribution in [0.2, 0.25) is 0 Å². The van der Waals surface area contributed by atoms with E-state index in [1.165, 1.54) is 0 Å². The van der Waals surface area contributed by atoms with Crippen LogP contribution >= 0.6 is 0 Å². The maximum atomic E-state index is 12.7. The lowest BCUT2D eigenvalue weighted by Crippen LogP contribution is -2.39. The van der Waals surface area contributed by atoms with Crippen LogP contribution in [0, 0.1) is 0 Å². The minimum absolute atomic E-state index is 0.00334. The number of rotatable bonds is 6. The molecule has 7 heteroatoms. The second kappa shape index (κ2) is 8.95. The number of carbonyl (C=O) groups is 1. The van der Waals surface area contributed by atoms with Crippen molar-refractivity contribution in [1.29, 1.82) is 0 Å². The number of likely N-dealkylation sites (tertiary alicyclic amines) is 2. The Bertz CT molecular complexity index is 622. The molecule has 1 amide bonds. The number of piperidine rings is 1. The molecule has 2 heterocycles. The van der Waals surface area contributed by atoms with Crippen molar-refractivity contribution in [2.75, 3.05) is 32.7 Å². The summed E-state index contributed by atoms with van der Waals surface area (Å²) in [5, 5.41) is 0. The zero-order valence-electron chi connectivity index (χ0n) is 15.5. The number of hydrogen-bond donors (Lipinski definition) is 0. The smallest absolute Gasteiger partial charge is 0.389 e. The van der Waals surface area contributed by atoms with Crippen LogP contribution in [0.4, 0.5) is 13.2 Å². The van der Waals surface area contributed by atoms with Gasteiger partial charge in [-0.15, -0.1) is 0 Å². The maximum absolute atomic E-state index is 12.7. The van der Waals surface area contributed by atoms with Gasteiger partial charge < -0.3 is 14.5 Å². The number of halogens is 3. The molecule has 0 aliphatic carbocycles. The lowest BCUT2D eigenvalue weighted by atomic mass is 10.1. The number of ether oxygens (including phenoxy) is 1. The Balaban J connectivity index is 1.50. The van der Waals surface area contributed by atoms with Gasteiger partial charge in [-0.25, -0.2) is 0 Å². The summed E-state index contributed by atoms with van der Waals surface area (Å²) >= 11 is 0. The van der Waals surface area contributed by atoms with E-state index >= 15 is 0 Å². The monoisotopic (exact) mass is 384 g/mol. The molecule has 4 nitrogen and oxygen atoms in total. The SMILES string of the molecule is O=C(c1ccccc1OC1CCN(CCCC(F)(F)F)CC1)N1CCCC1. The molecular formula is C20H27F3N2O2. The highest BCUT2D eigenvalue weighted by molar-refractivity contribution is 5.97. The molecule has 0 spiro atoms. The Labute approximate surface area is 158 Å². The first-order valence-corrected chi connectivity index (χ1v) is 9.76. The van der Waals surface area contributed by atoms with E-state index in [1.54, 1.807) is 0 Å². The summed E-state index contributed by atoms with van der Waals surface area (Å²) in [5.41, 5.74) is 0.604. The molecule has 3 rings (SSSR count). The van der Waals surface area contributed by atoms with Gasteiger partial charge in [0.2, 0.25) is 0 Å². The van der Waals surface area contributed by atoms with Gasteiger partial charge in [-0.2, -0.15) is 13.2 Å². The van der Waals surface area contributed by atoms with Crippen molar-refractivity contribution in [1.82, 2.24) is 9.80 Å². The van der Waals surface area contributed by atoms with Gasteiger partial charge in [-0.3, -0.25) is 4.79 Å². The summed E-state index contributed by atoms with van der Waals surface area (Å²) in [5.74, 6) is 0.637. The number of benzene rings is 1.